The number of hydrogen-bond donors (Lipinski definition) is 1. The largest absolute Gasteiger partial charge is 0.396 e. The second kappa shape index (κ2) is 11.0. The van der Waals surface area contributed by atoms with Crippen molar-refractivity contribution >= 4 is 21.6 Å². The summed E-state index contributed by atoms with van der Waals surface area (Å²) in [7, 11) is 0. The first-order valence-corrected chi connectivity index (χ1v) is 8.32. The third kappa shape index (κ3) is 8.57. The van der Waals surface area contributed by atoms with Crippen LogP contribution in [0.25, 0.3) is 0 Å². The lowest BCUT2D eigenvalue weighted by atomic mass is 10.1. The quantitative estimate of drug-likeness (QED) is 0.509. The van der Waals surface area contributed by atoms with Gasteiger partial charge in [-0.1, -0.05) is 43.9 Å². The highest BCUT2D eigenvalue weighted by Gasteiger charge is 1.94. The van der Waals surface area contributed by atoms with Crippen molar-refractivity contribution in [2.75, 3.05) is 13.2 Å². The van der Waals surface area contributed by atoms with Crippen LogP contribution >= 0.6 is 21.6 Å². The van der Waals surface area contributed by atoms with E-state index in [4.69, 9.17) is 8.17 Å². The van der Waals surface area contributed by atoms with Crippen molar-refractivity contribution in [3.8, 4) is 0 Å². The van der Waals surface area contributed by atoms with Gasteiger partial charge in [-0.3, -0.25) is 0 Å². The van der Waals surface area contributed by atoms with Crippen LogP contribution in [0, 0.1) is 3.57 Å². The van der Waals surface area contributed by atoms with Gasteiger partial charge in [0.2, 0.25) is 0 Å². The van der Waals surface area contributed by atoms with E-state index in [2.05, 4.69) is 24.3 Å². The van der Waals surface area contributed by atoms with E-state index in [0.717, 1.165) is 19.4 Å². The summed E-state index contributed by atoms with van der Waals surface area (Å²) in [5.41, 5.74) is 0. The van der Waals surface area contributed by atoms with Crippen molar-refractivity contribution in [1.82, 2.24) is 0 Å². The standard InChI is InChI=1S/C14H22IO2/c16-12-8-3-1-2-4-9-13-17-15-14-10-6-5-7-11-14/h5-7,10-11,16H,1-4,8-9,12-13H2. The van der Waals surface area contributed by atoms with Gasteiger partial charge in [-0.05, 0) is 25.0 Å². The third-order valence-electron chi connectivity index (χ3n) is 2.51. The fourth-order valence-electron chi connectivity index (χ4n) is 1.54. The van der Waals surface area contributed by atoms with Crippen molar-refractivity contribution in [3.05, 3.63) is 33.9 Å². The van der Waals surface area contributed by atoms with E-state index in [9.17, 15) is 0 Å². The zero-order chi connectivity index (χ0) is 12.2. The molecule has 97 valence electrons. The van der Waals surface area contributed by atoms with Crippen LogP contribution < -0.4 is 0 Å². The first kappa shape index (κ1) is 14.9. The highest BCUT2D eigenvalue weighted by molar-refractivity contribution is 14.2. The van der Waals surface area contributed by atoms with E-state index in [1.54, 1.807) is 0 Å². The molecule has 1 aromatic rings. The zero-order valence-electron chi connectivity index (χ0n) is 10.3. The lowest BCUT2D eigenvalue weighted by Gasteiger charge is -2.03. The molecular weight excluding hydrogens is 327 g/mol. The van der Waals surface area contributed by atoms with Crippen molar-refractivity contribution < 1.29 is 8.17 Å². The van der Waals surface area contributed by atoms with Gasteiger partial charge >= 0.3 is 0 Å². The highest BCUT2D eigenvalue weighted by Crippen LogP contribution is 2.22. The summed E-state index contributed by atoms with van der Waals surface area (Å²) in [6.45, 7) is 1.24. The van der Waals surface area contributed by atoms with Crippen LogP contribution in [0.3, 0.4) is 0 Å². The molecule has 0 unspecified atom stereocenters. The van der Waals surface area contributed by atoms with Crippen LogP contribution in [0.15, 0.2) is 30.3 Å². The molecule has 0 aliphatic heterocycles. The number of rotatable bonds is 10. The van der Waals surface area contributed by atoms with E-state index in [1.165, 1.54) is 29.3 Å². The van der Waals surface area contributed by atoms with Crippen LogP contribution in [0.4, 0.5) is 0 Å². The molecule has 0 aliphatic carbocycles. The normalized spacial score (nSPS) is 10.6. The number of hydrogen-bond acceptors (Lipinski definition) is 2. The number of halogens is 1. The predicted molar refractivity (Wildman–Crippen MR) is 79.9 cm³/mol. The van der Waals surface area contributed by atoms with Crippen molar-refractivity contribution in [3.63, 3.8) is 0 Å². The van der Waals surface area contributed by atoms with E-state index < -0.39 is 0 Å². The molecule has 1 aromatic carbocycles. The zero-order valence-corrected chi connectivity index (χ0v) is 12.4. The van der Waals surface area contributed by atoms with E-state index >= 15 is 0 Å². The Hall–Kier alpha value is -0.130. The minimum Gasteiger partial charge on any atom is -0.396 e. The van der Waals surface area contributed by atoms with Crippen molar-refractivity contribution in [2.24, 2.45) is 0 Å². The van der Waals surface area contributed by atoms with Gasteiger partial charge in [0, 0.05) is 10.2 Å². The average molecular weight is 349 g/mol. The molecule has 0 heterocycles. The SMILES string of the molecule is OCCCCCCCCO[I]c1ccccc1. The Morgan fingerprint density at radius 2 is 1.53 bits per heavy atom. The Labute approximate surface area is 115 Å². The van der Waals surface area contributed by atoms with Gasteiger partial charge in [0.15, 0.2) is 0 Å². The van der Waals surface area contributed by atoms with E-state index in [0.29, 0.717) is 6.61 Å². The van der Waals surface area contributed by atoms with Crippen LogP contribution in [0.1, 0.15) is 38.5 Å². The number of aliphatic hydroxyl groups excluding tert-OH is 1. The van der Waals surface area contributed by atoms with Crippen LogP contribution in [0.2, 0.25) is 0 Å². The molecule has 0 aliphatic rings. The Morgan fingerprint density at radius 3 is 2.24 bits per heavy atom. The first-order chi connectivity index (χ1) is 8.43. The summed E-state index contributed by atoms with van der Waals surface area (Å²) in [6, 6.07) is 10.5. The molecule has 0 amide bonds. The molecule has 0 saturated heterocycles. The molecule has 1 N–H and O–H groups in total. The van der Waals surface area contributed by atoms with Gasteiger partial charge in [0.05, 0.1) is 28.2 Å². The first-order valence-electron chi connectivity index (χ1n) is 6.36. The maximum Gasteiger partial charge on any atom is 0.0587 e. The smallest absolute Gasteiger partial charge is 0.0587 e. The third-order valence-corrected chi connectivity index (χ3v) is 4.49. The van der Waals surface area contributed by atoms with Crippen LogP contribution in [-0.4, -0.2) is 18.3 Å². The molecule has 2 nitrogen and oxygen atoms in total. The van der Waals surface area contributed by atoms with Crippen molar-refractivity contribution in [1.29, 1.82) is 0 Å². The van der Waals surface area contributed by atoms with Crippen LogP contribution in [0.5, 0.6) is 0 Å². The molecule has 17 heavy (non-hydrogen) atoms. The summed E-state index contributed by atoms with van der Waals surface area (Å²) >= 11 is -0.238. The summed E-state index contributed by atoms with van der Waals surface area (Å²) in [5, 5.41) is 8.63. The number of unbranched alkanes of at least 4 members (excludes halogenated alkanes) is 5. The van der Waals surface area contributed by atoms with Crippen molar-refractivity contribution in [2.45, 2.75) is 38.5 Å². The highest BCUT2D eigenvalue weighted by atomic mass is 127. The average Bonchev–Trinajstić information content (AvgIpc) is 2.38. The van der Waals surface area contributed by atoms with E-state index in [-0.39, 0.29) is 21.6 Å². The summed E-state index contributed by atoms with van der Waals surface area (Å²) < 4.78 is 7.07. The summed E-state index contributed by atoms with van der Waals surface area (Å²) in [4.78, 5) is 0. The predicted octanol–water partition coefficient (Wildman–Crippen LogP) is 4.09. The summed E-state index contributed by atoms with van der Waals surface area (Å²) in [6.07, 6.45) is 7.06. The lowest BCUT2D eigenvalue weighted by Crippen LogP contribution is -1.88. The minimum atomic E-state index is -0.238. The molecule has 0 atom stereocenters. The molecule has 0 fully saturated rings. The Balaban J connectivity index is 1.85. The summed E-state index contributed by atoms with van der Waals surface area (Å²) in [5.74, 6) is 0. The molecule has 0 spiro atoms. The monoisotopic (exact) mass is 349 g/mol. The Kier molecular flexibility index (Phi) is 9.65. The molecule has 1 radical (unpaired) electrons. The Morgan fingerprint density at radius 1 is 0.882 bits per heavy atom. The minimum absolute atomic E-state index is 0.238. The molecular formula is C14H22IO2. The molecule has 3 heteroatoms. The molecule has 0 aromatic heterocycles. The Bertz CT molecular complexity index is 264. The van der Waals surface area contributed by atoms with Gasteiger partial charge in [0.1, 0.15) is 0 Å². The topological polar surface area (TPSA) is 29.5 Å². The maximum atomic E-state index is 8.63. The molecule has 1 rings (SSSR count). The van der Waals surface area contributed by atoms with E-state index in [1.807, 2.05) is 6.07 Å². The lowest BCUT2D eigenvalue weighted by molar-refractivity contribution is 0.282. The molecule has 0 bridgehead atoms. The second-order valence-electron chi connectivity index (χ2n) is 4.03. The fraction of sp³-hybridized carbons (Fsp3) is 0.571. The fourth-order valence-corrected chi connectivity index (χ4v) is 3.14. The molecule has 0 saturated carbocycles. The van der Waals surface area contributed by atoms with Gasteiger partial charge in [-0.25, -0.2) is 0 Å². The van der Waals surface area contributed by atoms with Crippen LogP contribution in [-0.2, 0) is 3.07 Å². The van der Waals surface area contributed by atoms with Gasteiger partial charge in [0.25, 0.3) is 0 Å². The second-order valence-corrected chi connectivity index (χ2v) is 6.34. The maximum absolute atomic E-state index is 8.63. The van der Waals surface area contributed by atoms with Gasteiger partial charge in [-0.2, -0.15) is 0 Å². The van der Waals surface area contributed by atoms with Gasteiger partial charge < -0.3 is 8.17 Å². The number of aliphatic hydroxyl groups is 1. The van der Waals surface area contributed by atoms with Gasteiger partial charge in [-0.15, -0.1) is 0 Å². The number of benzene rings is 1.